The van der Waals surface area contributed by atoms with Crippen LogP contribution in [-0.4, -0.2) is 6.17 Å². The van der Waals surface area contributed by atoms with Gasteiger partial charge in [0.2, 0.25) is 0 Å². The van der Waals surface area contributed by atoms with Crippen molar-refractivity contribution in [3.05, 3.63) is 35.1 Å². The van der Waals surface area contributed by atoms with Gasteiger partial charge in [-0.1, -0.05) is 6.07 Å². The molecule has 0 saturated carbocycles. The fraction of sp³-hybridized carbons (Fsp3) is 0.400. The minimum atomic E-state index is -0.778. The summed E-state index contributed by atoms with van der Waals surface area (Å²) < 4.78 is 25.6. The Morgan fingerprint density at radius 1 is 1.25 bits per heavy atom. The fourth-order valence-electron chi connectivity index (χ4n) is 1.68. The minimum Gasteiger partial charge on any atom is -0.247 e. The maximum Gasteiger partial charge on any atom is 0.123 e. The van der Waals surface area contributed by atoms with Crippen LogP contribution in [0.4, 0.5) is 8.78 Å². The number of hydrogen-bond donors (Lipinski definition) is 0. The van der Waals surface area contributed by atoms with Crippen LogP contribution < -0.4 is 0 Å². The molecular formula is C10H10F2. The molecule has 0 radical (unpaired) electrons. The van der Waals surface area contributed by atoms with E-state index >= 15 is 0 Å². The summed E-state index contributed by atoms with van der Waals surface area (Å²) in [6.07, 6.45) is 0.932. The van der Waals surface area contributed by atoms with Gasteiger partial charge in [0, 0.05) is 6.42 Å². The van der Waals surface area contributed by atoms with Gasteiger partial charge >= 0.3 is 0 Å². The van der Waals surface area contributed by atoms with E-state index in [1.165, 1.54) is 12.1 Å². The van der Waals surface area contributed by atoms with Crippen LogP contribution in [0.1, 0.15) is 17.5 Å². The fourth-order valence-corrected chi connectivity index (χ4v) is 1.68. The molecule has 0 aliphatic heterocycles. The Labute approximate surface area is 70.2 Å². The third-order valence-electron chi connectivity index (χ3n) is 2.34. The second kappa shape index (κ2) is 2.85. The summed E-state index contributed by atoms with van der Waals surface area (Å²) >= 11 is 0. The molecule has 1 aromatic carbocycles. The first-order valence-electron chi connectivity index (χ1n) is 4.17. The number of alkyl halides is 1. The van der Waals surface area contributed by atoms with Gasteiger partial charge in [0.15, 0.2) is 0 Å². The van der Waals surface area contributed by atoms with Crippen LogP contribution in [0, 0.1) is 5.82 Å². The quantitative estimate of drug-likeness (QED) is 0.558. The molecule has 1 aromatic rings. The maximum atomic E-state index is 12.9. The van der Waals surface area contributed by atoms with Crippen LogP contribution in [0.15, 0.2) is 18.2 Å². The molecule has 1 unspecified atom stereocenters. The van der Waals surface area contributed by atoms with E-state index in [0.29, 0.717) is 12.8 Å². The van der Waals surface area contributed by atoms with Gasteiger partial charge in [0.05, 0.1) is 0 Å². The van der Waals surface area contributed by atoms with Gasteiger partial charge in [-0.15, -0.1) is 0 Å². The molecule has 12 heavy (non-hydrogen) atoms. The van der Waals surface area contributed by atoms with Crippen molar-refractivity contribution < 1.29 is 8.78 Å². The Morgan fingerprint density at radius 3 is 2.92 bits per heavy atom. The summed E-state index contributed by atoms with van der Waals surface area (Å²) in [5.41, 5.74) is 1.94. The lowest BCUT2D eigenvalue weighted by Crippen LogP contribution is -2.14. The van der Waals surface area contributed by atoms with E-state index in [0.717, 1.165) is 17.5 Å². The van der Waals surface area contributed by atoms with Gasteiger partial charge in [-0.05, 0) is 36.1 Å². The van der Waals surface area contributed by atoms with E-state index in [2.05, 4.69) is 0 Å². The summed E-state index contributed by atoms with van der Waals surface area (Å²) in [4.78, 5) is 0. The zero-order chi connectivity index (χ0) is 8.55. The first-order chi connectivity index (χ1) is 5.75. The number of hydrogen-bond acceptors (Lipinski definition) is 0. The first-order valence-corrected chi connectivity index (χ1v) is 4.17. The van der Waals surface area contributed by atoms with Gasteiger partial charge in [0.1, 0.15) is 12.0 Å². The molecule has 0 amide bonds. The van der Waals surface area contributed by atoms with E-state index in [1.807, 2.05) is 0 Å². The second-order valence-electron chi connectivity index (χ2n) is 3.25. The molecule has 1 aliphatic rings. The van der Waals surface area contributed by atoms with Gasteiger partial charge in [-0.25, -0.2) is 8.78 Å². The summed E-state index contributed by atoms with van der Waals surface area (Å²) in [6, 6.07) is 4.65. The van der Waals surface area contributed by atoms with Gasteiger partial charge < -0.3 is 0 Å². The van der Waals surface area contributed by atoms with Crippen molar-refractivity contribution in [1.29, 1.82) is 0 Å². The molecule has 2 rings (SSSR count). The zero-order valence-electron chi connectivity index (χ0n) is 6.69. The molecule has 0 nitrogen and oxygen atoms in total. The Hall–Kier alpha value is -0.920. The van der Waals surface area contributed by atoms with Crippen LogP contribution in [0.25, 0.3) is 0 Å². The van der Waals surface area contributed by atoms with E-state index in [4.69, 9.17) is 0 Å². The second-order valence-corrected chi connectivity index (χ2v) is 3.25. The molecule has 0 saturated heterocycles. The summed E-state index contributed by atoms with van der Waals surface area (Å²) in [6.45, 7) is 0. The number of fused-ring (bicyclic) bond motifs is 1. The molecular weight excluding hydrogens is 158 g/mol. The molecule has 64 valence electrons. The third-order valence-corrected chi connectivity index (χ3v) is 2.34. The summed E-state index contributed by atoms with van der Waals surface area (Å²) in [5, 5.41) is 0. The highest BCUT2D eigenvalue weighted by molar-refractivity contribution is 5.30. The van der Waals surface area contributed by atoms with Crippen LogP contribution >= 0.6 is 0 Å². The average molecular weight is 168 g/mol. The lowest BCUT2D eigenvalue weighted by Gasteiger charge is -2.18. The van der Waals surface area contributed by atoms with Crippen molar-refractivity contribution in [3.63, 3.8) is 0 Å². The highest BCUT2D eigenvalue weighted by atomic mass is 19.1. The van der Waals surface area contributed by atoms with Crippen molar-refractivity contribution in [3.8, 4) is 0 Å². The van der Waals surface area contributed by atoms with Gasteiger partial charge in [0.25, 0.3) is 0 Å². The van der Waals surface area contributed by atoms with E-state index in [9.17, 15) is 8.78 Å². The lowest BCUT2D eigenvalue weighted by molar-refractivity contribution is 0.301. The molecule has 2 heteroatoms. The van der Waals surface area contributed by atoms with Crippen LogP contribution in [0.5, 0.6) is 0 Å². The van der Waals surface area contributed by atoms with Crippen LogP contribution in [0.2, 0.25) is 0 Å². The highest BCUT2D eigenvalue weighted by Crippen LogP contribution is 2.23. The minimum absolute atomic E-state index is 0.261. The smallest absolute Gasteiger partial charge is 0.123 e. The molecule has 1 atom stereocenters. The zero-order valence-corrected chi connectivity index (χ0v) is 6.69. The van der Waals surface area contributed by atoms with Crippen molar-refractivity contribution in [2.75, 3.05) is 0 Å². The van der Waals surface area contributed by atoms with Crippen molar-refractivity contribution in [2.45, 2.75) is 25.4 Å². The number of halogens is 2. The van der Waals surface area contributed by atoms with Gasteiger partial charge in [-0.2, -0.15) is 0 Å². The summed E-state index contributed by atoms with van der Waals surface area (Å²) in [5.74, 6) is -0.261. The summed E-state index contributed by atoms with van der Waals surface area (Å²) in [7, 11) is 0. The monoisotopic (exact) mass is 168 g/mol. The van der Waals surface area contributed by atoms with Crippen molar-refractivity contribution in [1.82, 2.24) is 0 Å². The van der Waals surface area contributed by atoms with Gasteiger partial charge in [-0.3, -0.25) is 0 Å². The Balaban J connectivity index is 2.37. The SMILES string of the molecule is Fc1ccc2c(c1)CC(F)CC2. The molecule has 0 fully saturated rings. The van der Waals surface area contributed by atoms with Crippen molar-refractivity contribution in [2.24, 2.45) is 0 Å². The lowest BCUT2D eigenvalue weighted by atomic mass is 9.91. The van der Waals surface area contributed by atoms with E-state index in [-0.39, 0.29) is 5.82 Å². The first kappa shape index (κ1) is 7.71. The molecule has 1 aliphatic carbocycles. The average Bonchev–Trinajstić information content (AvgIpc) is 2.03. The predicted octanol–water partition coefficient (Wildman–Crippen LogP) is 2.65. The number of benzene rings is 1. The van der Waals surface area contributed by atoms with Crippen LogP contribution in [0.3, 0.4) is 0 Å². The Bertz CT molecular complexity index is 294. The molecule has 0 heterocycles. The topological polar surface area (TPSA) is 0 Å². The normalized spacial score (nSPS) is 22.0. The molecule has 0 spiro atoms. The maximum absolute atomic E-state index is 12.9. The van der Waals surface area contributed by atoms with E-state index < -0.39 is 6.17 Å². The largest absolute Gasteiger partial charge is 0.247 e. The third kappa shape index (κ3) is 1.33. The predicted molar refractivity (Wildman–Crippen MR) is 43.3 cm³/mol. The number of rotatable bonds is 0. The number of aryl methyl sites for hydroxylation is 1. The molecule has 0 N–H and O–H groups in total. The highest BCUT2D eigenvalue weighted by Gasteiger charge is 2.17. The van der Waals surface area contributed by atoms with Crippen molar-refractivity contribution >= 4 is 0 Å². The van der Waals surface area contributed by atoms with E-state index in [1.54, 1.807) is 6.07 Å². The Morgan fingerprint density at radius 2 is 2.08 bits per heavy atom. The Kier molecular flexibility index (Phi) is 1.83. The standard InChI is InChI=1S/C10H10F2/c11-9-3-1-7-2-4-10(12)6-8(7)5-9/h1,3,5,10H,2,4,6H2. The van der Waals surface area contributed by atoms with Crippen LogP contribution in [-0.2, 0) is 12.8 Å². The molecule has 0 aromatic heterocycles. The molecule has 0 bridgehead atoms.